The third-order valence-corrected chi connectivity index (χ3v) is 6.35. The number of aromatic hydroxyl groups is 1. The number of piperidine rings is 1. The zero-order valence-corrected chi connectivity index (χ0v) is 17.5. The van der Waals surface area contributed by atoms with E-state index in [0.29, 0.717) is 36.7 Å². The van der Waals surface area contributed by atoms with Crippen LogP contribution in [-0.2, 0) is 11.8 Å². The van der Waals surface area contributed by atoms with Crippen LogP contribution in [0.5, 0.6) is 11.5 Å². The number of phenols is 1. The molecule has 1 N–H and O–H groups in total. The molecule has 0 aliphatic carbocycles. The van der Waals surface area contributed by atoms with E-state index in [0.717, 1.165) is 29.6 Å². The van der Waals surface area contributed by atoms with Gasteiger partial charge in [-0.2, -0.15) is 13.2 Å². The van der Waals surface area contributed by atoms with Gasteiger partial charge >= 0.3 is 6.18 Å². The van der Waals surface area contributed by atoms with Gasteiger partial charge in [0.1, 0.15) is 11.5 Å². The zero-order valence-electron chi connectivity index (χ0n) is 16.7. The average Bonchev–Trinajstić information content (AvgIpc) is 3.24. The Labute approximate surface area is 188 Å². The molecule has 0 saturated carbocycles. The second-order valence-corrected chi connectivity index (χ2v) is 8.43. The Morgan fingerprint density at radius 1 is 1.12 bits per heavy atom. The fourth-order valence-electron chi connectivity index (χ4n) is 4.51. The Balaban J connectivity index is 0.00000259. The van der Waals surface area contributed by atoms with E-state index in [2.05, 4.69) is 4.57 Å². The van der Waals surface area contributed by atoms with Gasteiger partial charge in [-0.25, -0.2) is 0 Å². The standard InChI is InChI=1S/C23H18ClF3N2O3.H2/c24-15-4-6-17-19(13-15)32-22(20-2-1-9-29(17)20)7-10-28(11-8-22)21(31)14-3-5-16(18(30)12-14)23(25,26)27;/h1-6,9,12-13,30H,7-8,10-11H2;1H. The molecule has 3 aromatic rings. The van der Waals surface area contributed by atoms with Gasteiger partial charge in [0.15, 0.2) is 5.60 Å². The second-order valence-electron chi connectivity index (χ2n) is 7.99. The molecule has 0 bridgehead atoms. The molecule has 0 unspecified atom stereocenters. The maximum absolute atomic E-state index is 12.9. The SMILES string of the molecule is O=C(c1ccc(C(F)(F)F)c(O)c1)N1CCC2(CC1)Oc1cc(Cl)ccc1-n1cccc12.[HH]. The average molecular weight is 465 g/mol. The van der Waals surface area contributed by atoms with Crippen molar-refractivity contribution in [1.82, 2.24) is 9.47 Å². The van der Waals surface area contributed by atoms with E-state index < -0.39 is 29.0 Å². The van der Waals surface area contributed by atoms with Crippen molar-refractivity contribution in [3.05, 3.63) is 76.6 Å². The van der Waals surface area contributed by atoms with E-state index >= 15 is 0 Å². The van der Waals surface area contributed by atoms with E-state index in [4.69, 9.17) is 16.3 Å². The third kappa shape index (κ3) is 3.30. The van der Waals surface area contributed by atoms with Gasteiger partial charge in [-0.15, -0.1) is 0 Å². The molecule has 5 nitrogen and oxygen atoms in total. The van der Waals surface area contributed by atoms with Gasteiger partial charge in [0.2, 0.25) is 0 Å². The Hall–Kier alpha value is -3.13. The number of amides is 1. The van der Waals surface area contributed by atoms with Crippen molar-refractivity contribution in [2.45, 2.75) is 24.6 Å². The van der Waals surface area contributed by atoms with Crippen molar-refractivity contribution in [3.8, 4) is 17.2 Å². The van der Waals surface area contributed by atoms with Crippen LogP contribution in [0.15, 0.2) is 54.7 Å². The molecule has 1 spiro atoms. The molecular formula is C23H20ClF3N2O3. The number of benzene rings is 2. The molecule has 5 rings (SSSR count). The van der Waals surface area contributed by atoms with Crippen molar-refractivity contribution < 1.29 is 29.2 Å². The van der Waals surface area contributed by atoms with Crippen LogP contribution < -0.4 is 4.74 Å². The van der Waals surface area contributed by atoms with Crippen LogP contribution in [0, 0.1) is 0 Å². The van der Waals surface area contributed by atoms with E-state index in [1.165, 1.54) is 0 Å². The largest absolute Gasteiger partial charge is 0.507 e. The molecule has 9 heteroatoms. The highest BCUT2D eigenvalue weighted by Crippen LogP contribution is 2.46. The van der Waals surface area contributed by atoms with Crippen LogP contribution in [0.3, 0.4) is 0 Å². The third-order valence-electron chi connectivity index (χ3n) is 6.11. The van der Waals surface area contributed by atoms with Crippen molar-refractivity contribution in [2.75, 3.05) is 13.1 Å². The summed E-state index contributed by atoms with van der Waals surface area (Å²) in [7, 11) is 0. The van der Waals surface area contributed by atoms with Gasteiger partial charge in [0, 0.05) is 50.2 Å². The number of phenolic OH excluding ortho intramolecular Hbond substituents is 1. The van der Waals surface area contributed by atoms with E-state index in [9.17, 15) is 23.1 Å². The first kappa shape index (κ1) is 20.8. The van der Waals surface area contributed by atoms with E-state index in [1.807, 2.05) is 24.4 Å². The number of carbonyl (C=O) groups excluding carboxylic acids is 1. The predicted octanol–water partition coefficient (Wildman–Crippen LogP) is 5.63. The number of alkyl halides is 3. The molecule has 168 valence electrons. The van der Waals surface area contributed by atoms with Gasteiger partial charge < -0.3 is 19.3 Å². The quantitative estimate of drug-likeness (QED) is 0.508. The minimum atomic E-state index is -4.68. The summed E-state index contributed by atoms with van der Waals surface area (Å²) in [6, 6.07) is 12.1. The Kier molecular flexibility index (Phi) is 4.67. The van der Waals surface area contributed by atoms with Gasteiger partial charge in [-0.3, -0.25) is 4.79 Å². The fraction of sp³-hybridized carbons (Fsp3) is 0.261. The summed E-state index contributed by atoms with van der Waals surface area (Å²) >= 11 is 6.16. The van der Waals surface area contributed by atoms with Crippen molar-refractivity contribution in [1.29, 1.82) is 0 Å². The first-order valence-electron chi connectivity index (χ1n) is 10.0. The monoisotopic (exact) mass is 464 g/mol. The summed E-state index contributed by atoms with van der Waals surface area (Å²) < 4.78 is 47.1. The molecule has 1 saturated heterocycles. The molecule has 1 fully saturated rings. The summed E-state index contributed by atoms with van der Waals surface area (Å²) in [6.45, 7) is 0.698. The van der Waals surface area contributed by atoms with Gasteiger partial charge in [-0.05, 0) is 42.5 Å². The number of ether oxygens (including phenoxy) is 1. The number of likely N-dealkylation sites (tertiary alicyclic amines) is 1. The van der Waals surface area contributed by atoms with Crippen LogP contribution in [0.2, 0.25) is 5.02 Å². The Bertz CT molecular complexity index is 1220. The lowest BCUT2D eigenvalue weighted by Crippen LogP contribution is -2.50. The van der Waals surface area contributed by atoms with Crippen LogP contribution in [0.4, 0.5) is 13.2 Å². The number of halogens is 4. The molecule has 1 aromatic heterocycles. The summed E-state index contributed by atoms with van der Waals surface area (Å²) in [5.74, 6) is -0.731. The van der Waals surface area contributed by atoms with Crippen LogP contribution >= 0.6 is 11.6 Å². The molecule has 3 heterocycles. The van der Waals surface area contributed by atoms with Gasteiger partial charge in [0.05, 0.1) is 16.9 Å². The first-order chi connectivity index (χ1) is 15.2. The summed E-state index contributed by atoms with van der Waals surface area (Å²) in [5, 5.41) is 10.3. The van der Waals surface area contributed by atoms with Crippen LogP contribution in [-0.4, -0.2) is 33.6 Å². The maximum Gasteiger partial charge on any atom is 0.419 e. The lowest BCUT2D eigenvalue weighted by molar-refractivity contribution is -0.138. The highest BCUT2D eigenvalue weighted by atomic mass is 35.5. The van der Waals surface area contributed by atoms with Crippen molar-refractivity contribution in [2.24, 2.45) is 0 Å². The molecule has 0 radical (unpaired) electrons. The molecule has 2 aliphatic rings. The van der Waals surface area contributed by atoms with Crippen LogP contribution in [0.1, 0.15) is 35.9 Å². The summed E-state index contributed by atoms with van der Waals surface area (Å²) in [6.07, 6.45) is -1.73. The molecule has 2 aliphatic heterocycles. The van der Waals surface area contributed by atoms with Gasteiger partial charge in [-0.1, -0.05) is 11.6 Å². The number of rotatable bonds is 1. The molecular weight excluding hydrogens is 445 g/mol. The highest BCUT2D eigenvalue weighted by molar-refractivity contribution is 6.30. The highest BCUT2D eigenvalue weighted by Gasteiger charge is 2.45. The number of fused-ring (bicyclic) bond motifs is 4. The number of carbonyl (C=O) groups is 1. The van der Waals surface area contributed by atoms with E-state index in [-0.39, 0.29) is 6.99 Å². The summed E-state index contributed by atoms with van der Waals surface area (Å²) in [4.78, 5) is 14.5. The number of hydrogen-bond acceptors (Lipinski definition) is 3. The smallest absolute Gasteiger partial charge is 0.419 e. The predicted molar refractivity (Wildman–Crippen MR) is 113 cm³/mol. The number of hydrogen-bond donors (Lipinski definition) is 1. The molecule has 0 atom stereocenters. The molecule has 1 amide bonds. The fourth-order valence-corrected chi connectivity index (χ4v) is 4.67. The zero-order chi connectivity index (χ0) is 22.7. The van der Waals surface area contributed by atoms with E-state index in [1.54, 1.807) is 17.0 Å². The minimum absolute atomic E-state index is 0. The normalized spacial score (nSPS) is 16.9. The molecule has 2 aromatic carbocycles. The Morgan fingerprint density at radius 3 is 2.56 bits per heavy atom. The molecule has 32 heavy (non-hydrogen) atoms. The Morgan fingerprint density at radius 2 is 1.88 bits per heavy atom. The topological polar surface area (TPSA) is 54.7 Å². The lowest BCUT2D eigenvalue weighted by Gasteiger charge is -2.45. The van der Waals surface area contributed by atoms with Gasteiger partial charge in [0.25, 0.3) is 5.91 Å². The van der Waals surface area contributed by atoms with Crippen molar-refractivity contribution >= 4 is 17.5 Å². The lowest BCUT2D eigenvalue weighted by atomic mass is 9.86. The summed E-state index contributed by atoms with van der Waals surface area (Å²) in [5.41, 5.74) is 0.0717. The van der Waals surface area contributed by atoms with Crippen molar-refractivity contribution in [3.63, 3.8) is 0 Å². The second kappa shape index (κ2) is 7.20. The van der Waals surface area contributed by atoms with Crippen LogP contribution in [0.25, 0.3) is 5.69 Å². The number of nitrogens with zero attached hydrogens (tertiary/aromatic N) is 2. The number of aromatic nitrogens is 1. The maximum atomic E-state index is 12.9. The first-order valence-corrected chi connectivity index (χ1v) is 10.4. The minimum Gasteiger partial charge on any atom is -0.507 e.